The lowest BCUT2D eigenvalue weighted by Crippen LogP contribution is -2.29. The number of benzene rings is 1. The summed E-state index contributed by atoms with van der Waals surface area (Å²) < 4.78 is 5.00. The van der Waals surface area contributed by atoms with Crippen LogP contribution in [0.4, 0.5) is 0 Å². The monoisotopic (exact) mass is 208 g/mol. The molecule has 15 heavy (non-hydrogen) atoms. The molecule has 0 atom stereocenters. The minimum absolute atomic E-state index is 0.0295. The van der Waals surface area contributed by atoms with E-state index in [0.717, 1.165) is 11.1 Å². The normalized spacial score (nSPS) is 10.0. The molecule has 1 aromatic carbocycles. The number of rotatable bonds is 5. The van der Waals surface area contributed by atoms with Gasteiger partial charge in [0, 0.05) is 13.7 Å². The van der Waals surface area contributed by atoms with Crippen molar-refractivity contribution in [3.05, 3.63) is 35.4 Å². The van der Waals surface area contributed by atoms with Crippen molar-refractivity contribution in [1.29, 1.82) is 0 Å². The topological polar surface area (TPSA) is 64.3 Å². The van der Waals surface area contributed by atoms with E-state index < -0.39 is 0 Å². The van der Waals surface area contributed by atoms with E-state index in [4.69, 9.17) is 10.5 Å². The Morgan fingerprint density at radius 2 is 1.93 bits per heavy atom. The molecular weight excluding hydrogens is 192 g/mol. The lowest BCUT2D eigenvalue weighted by Gasteiger charge is -2.05. The first-order valence-corrected chi connectivity index (χ1v) is 4.79. The third-order valence-corrected chi connectivity index (χ3v) is 2.01. The maximum atomic E-state index is 10.9. The second-order valence-electron chi connectivity index (χ2n) is 3.23. The van der Waals surface area contributed by atoms with Gasteiger partial charge in [0.1, 0.15) is 0 Å². The van der Waals surface area contributed by atoms with Gasteiger partial charge in [0.25, 0.3) is 0 Å². The predicted octanol–water partition coefficient (Wildman–Crippen LogP) is 0.408. The summed E-state index contributed by atoms with van der Waals surface area (Å²) >= 11 is 0. The van der Waals surface area contributed by atoms with Crippen LogP contribution in [0, 0.1) is 0 Å². The Labute approximate surface area is 89.4 Å². The molecule has 0 aliphatic carbocycles. The Kier molecular flexibility index (Phi) is 4.80. The fourth-order valence-electron chi connectivity index (χ4n) is 1.19. The molecule has 0 spiro atoms. The quantitative estimate of drug-likeness (QED) is 0.736. The van der Waals surface area contributed by atoms with Gasteiger partial charge in [-0.1, -0.05) is 24.3 Å². The highest BCUT2D eigenvalue weighted by molar-refractivity contribution is 5.77. The molecule has 1 aromatic rings. The Balaban J connectivity index is 2.45. The molecule has 4 heteroatoms. The maximum Gasteiger partial charge on any atom is 0.234 e. The average molecular weight is 208 g/mol. The van der Waals surface area contributed by atoms with Gasteiger partial charge in [-0.25, -0.2) is 0 Å². The molecule has 0 unspecified atom stereocenters. The first kappa shape index (κ1) is 11.7. The summed E-state index contributed by atoms with van der Waals surface area (Å²) in [6, 6.07) is 7.89. The van der Waals surface area contributed by atoms with Gasteiger partial charge in [-0.2, -0.15) is 0 Å². The molecule has 0 bridgehead atoms. The third-order valence-electron chi connectivity index (χ3n) is 2.01. The Morgan fingerprint density at radius 3 is 2.47 bits per heavy atom. The number of carbonyl (C=O) groups is 1. The van der Waals surface area contributed by atoms with Gasteiger partial charge < -0.3 is 15.8 Å². The second-order valence-corrected chi connectivity index (χ2v) is 3.23. The number of hydrogen-bond donors (Lipinski definition) is 2. The van der Waals surface area contributed by atoms with Crippen molar-refractivity contribution >= 4 is 5.91 Å². The molecular formula is C11H16N2O2. The fourth-order valence-corrected chi connectivity index (χ4v) is 1.19. The van der Waals surface area contributed by atoms with Crippen molar-refractivity contribution < 1.29 is 9.53 Å². The average Bonchev–Trinajstić information content (AvgIpc) is 2.28. The van der Waals surface area contributed by atoms with Gasteiger partial charge >= 0.3 is 0 Å². The van der Waals surface area contributed by atoms with Crippen LogP contribution in [0.15, 0.2) is 24.3 Å². The summed E-state index contributed by atoms with van der Waals surface area (Å²) in [5, 5.41) is 2.70. The van der Waals surface area contributed by atoms with Crippen LogP contribution in [0.25, 0.3) is 0 Å². The molecule has 1 amide bonds. The van der Waals surface area contributed by atoms with E-state index in [1.165, 1.54) is 0 Å². The first-order chi connectivity index (χ1) is 7.26. The van der Waals surface area contributed by atoms with Gasteiger partial charge in [0.2, 0.25) is 5.91 Å². The smallest absolute Gasteiger partial charge is 0.234 e. The van der Waals surface area contributed by atoms with Gasteiger partial charge in [0.05, 0.1) is 13.2 Å². The lowest BCUT2D eigenvalue weighted by atomic mass is 10.1. The number of nitrogens with two attached hydrogens (primary N) is 1. The number of methoxy groups -OCH3 is 1. The molecule has 3 N–H and O–H groups in total. The highest BCUT2D eigenvalue weighted by Crippen LogP contribution is 2.04. The minimum Gasteiger partial charge on any atom is -0.380 e. The largest absolute Gasteiger partial charge is 0.380 e. The van der Waals surface area contributed by atoms with E-state index in [1.807, 2.05) is 24.3 Å². The summed E-state index contributed by atoms with van der Waals surface area (Å²) in [6.45, 7) is 1.15. The molecule has 1 rings (SSSR count). The summed E-state index contributed by atoms with van der Waals surface area (Å²) in [5.74, 6) is -0.143. The molecule has 82 valence electrons. The van der Waals surface area contributed by atoms with Crippen molar-refractivity contribution in [2.75, 3.05) is 13.7 Å². The number of hydrogen-bond acceptors (Lipinski definition) is 3. The van der Waals surface area contributed by atoms with Crippen LogP contribution in [0.5, 0.6) is 0 Å². The minimum atomic E-state index is -0.143. The Bertz CT molecular complexity index is 309. The zero-order chi connectivity index (χ0) is 11.1. The maximum absolute atomic E-state index is 10.9. The lowest BCUT2D eigenvalue weighted by molar-refractivity contribution is -0.119. The van der Waals surface area contributed by atoms with Crippen molar-refractivity contribution in [1.82, 2.24) is 5.32 Å². The molecule has 0 aromatic heterocycles. The van der Waals surface area contributed by atoms with E-state index in [1.54, 1.807) is 7.11 Å². The standard InChI is InChI=1S/C11H16N2O2/c1-15-8-10-4-2-9(3-5-10)7-13-11(14)6-12/h2-5H,6-8,12H2,1H3,(H,13,14). The van der Waals surface area contributed by atoms with Gasteiger partial charge in [-0.15, -0.1) is 0 Å². The molecule has 0 aliphatic rings. The van der Waals surface area contributed by atoms with Crippen LogP contribution in [-0.4, -0.2) is 19.6 Å². The second kappa shape index (κ2) is 6.16. The SMILES string of the molecule is COCc1ccc(CNC(=O)CN)cc1. The summed E-state index contributed by atoms with van der Waals surface area (Å²) in [4.78, 5) is 10.9. The summed E-state index contributed by atoms with van der Waals surface area (Å²) in [5.41, 5.74) is 7.34. The van der Waals surface area contributed by atoms with Crippen molar-refractivity contribution in [3.63, 3.8) is 0 Å². The van der Waals surface area contributed by atoms with Crippen molar-refractivity contribution in [2.45, 2.75) is 13.2 Å². The van der Waals surface area contributed by atoms with Crippen molar-refractivity contribution in [2.24, 2.45) is 5.73 Å². The first-order valence-electron chi connectivity index (χ1n) is 4.79. The van der Waals surface area contributed by atoms with E-state index >= 15 is 0 Å². The van der Waals surface area contributed by atoms with E-state index in [9.17, 15) is 4.79 Å². The van der Waals surface area contributed by atoms with E-state index in [0.29, 0.717) is 13.2 Å². The van der Waals surface area contributed by atoms with E-state index in [2.05, 4.69) is 5.32 Å². The van der Waals surface area contributed by atoms with Gasteiger partial charge in [-0.05, 0) is 11.1 Å². The summed E-state index contributed by atoms with van der Waals surface area (Å²) in [7, 11) is 1.66. The van der Waals surface area contributed by atoms with Gasteiger partial charge in [0.15, 0.2) is 0 Å². The zero-order valence-electron chi connectivity index (χ0n) is 8.82. The number of nitrogens with one attached hydrogen (secondary N) is 1. The highest BCUT2D eigenvalue weighted by Gasteiger charge is 1.98. The molecule has 0 heterocycles. The molecule has 0 radical (unpaired) electrons. The molecule has 0 saturated heterocycles. The van der Waals surface area contributed by atoms with E-state index in [-0.39, 0.29) is 12.5 Å². The molecule has 0 aliphatic heterocycles. The molecule has 0 saturated carbocycles. The Hall–Kier alpha value is -1.39. The fraction of sp³-hybridized carbons (Fsp3) is 0.364. The molecule has 4 nitrogen and oxygen atoms in total. The van der Waals surface area contributed by atoms with Crippen LogP contribution in [-0.2, 0) is 22.7 Å². The van der Waals surface area contributed by atoms with Crippen LogP contribution < -0.4 is 11.1 Å². The van der Waals surface area contributed by atoms with Crippen LogP contribution in [0.3, 0.4) is 0 Å². The highest BCUT2D eigenvalue weighted by atomic mass is 16.5. The van der Waals surface area contributed by atoms with Gasteiger partial charge in [-0.3, -0.25) is 4.79 Å². The van der Waals surface area contributed by atoms with Crippen molar-refractivity contribution in [3.8, 4) is 0 Å². The zero-order valence-corrected chi connectivity index (χ0v) is 8.82. The van der Waals surface area contributed by atoms with Crippen LogP contribution >= 0.6 is 0 Å². The third kappa shape index (κ3) is 4.10. The predicted molar refractivity (Wildman–Crippen MR) is 58.1 cm³/mol. The Morgan fingerprint density at radius 1 is 1.33 bits per heavy atom. The van der Waals surface area contributed by atoms with Crippen LogP contribution in [0.2, 0.25) is 0 Å². The summed E-state index contributed by atoms with van der Waals surface area (Å²) in [6.07, 6.45) is 0. The number of carbonyl (C=O) groups excluding carboxylic acids is 1. The molecule has 0 fully saturated rings. The van der Waals surface area contributed by atoms with Crippen LogP contribution in [0.1, 0.15) is 11.1 Å². The number of ether oxygens (including phenoxy) is 1. The number of amides is 1.